The molecule has 0 aliphatic carbocycles. The maximum absolute atomic E-state index is 13.1. The third kappa shape index (κ3) is 16.1. The molecule has 0 bridgehead atoms. The summed E-state index contributed by atoms with van der Waals surface area (Å²) in [5, 5.41) is 35.1. The third-order valence-electron chi connectivity index (χ3n) is 15.0. The van der Waals surface area contributed by atoms with Crippen molar-refractivity contribution in [3.63, 3.8) is 0 Å². The van der Waals surface area contributed by atoms with Crippen LogP contribution < -0.4 is 19.4 Å². The lowest BCUT2D eigenvalue weighted by atomic mass is 9.80. The monoisotopic (exact) mass is 1340 g/mol. The molecule has 34 heteroatoms. The average molecular weight is 1340 g/mol. The Morgan fingerprint density at radius 3 is 1.45 bits per heavy atom. The lowest BCUT2D eigenvalue weighted by molar-refractivity contribution is -0.0499. The first-order valence-electron chi connectivity index (χ1n) is 28.9. The first-order valence-corrected chi connectivity index (χ1v) is 34.0. The number of carbonyl (C=O) groups excluding carboxylic acids is 2. The number of rotatable bonds is 8. The molecule has 8 aromatic heterocycles. The molecular formula is C59H68BF3N16O11S3. The molecule has 3 aliphatic heterocycles. The molecule has 3 saturated heterocycles. The molecule has 0 spiro atoms. The first kappa shape index (κ1) is 68.4. The number of nitriles is 2. The normalized spacial score (nSPS) is 16.8. The molecule has 0 aromatic carbocycles. The Morgan fingerprint density at radius 2 is 1.05 bits per heavy atom. The molecule has 2 amide bonds. The van der Waals surface area contributed by atoms with E-state index in [1.54, 1.807) is 94.8 Å². The SMILES string of the molecule is CC(C)(C)OC(=O)N=S1(=O)CCN(c2ccc(B3OC(C)(C)C(C)(C)O3)cn2)CC1.Cn1cc(-c2cc(-c3ccc(N4CCS(=O)(=NC(=O)OC(C)(C)C)CC4)nc3)c3c(C#N)cnn3c2)cn1.Cn1cc(-c2cc(OS(=O)(=O)C(F)(F)F)c3c(C#N)cnn3c2)cn1. The lowest BCUT2D eigenvalue weighted by Crippen LogP contribution is -2.41. The molecule has 93 heavy (non-hydrogen) atoms. The van der Waals surface area contributed by atoms with Crippen molar-refractivity contribution in [3.05, 3.63) is 109 Å². The van der Waals surface area contributed by atoms with Crippen LogP contribution >= 0.6 is 0 Å². The second-order valence-electron chi connectivity index (χ2n) is 24.9. The number of nitrogens with zero attached hydrogens (tertiary/aromatic N) is 16. The Kier molecular flexibility index (Phi) is 19.0. The van der Waals surface area contributed by atoms with Crippen molar-refractivity contribution in [2.45, 2.75) is 97.1 Å². The number of pyridine rings is 4. The van der Waals surface area contributed by atoms with Gasteiger partial charge in [0.25, 0.3) is 0 Å². The molecular weight excluding hydrogens is 1270 g/mol. The summed E-state index contributed by atoms with van der Waals surface area (Å²) in [7, 11) is -8.16. The fourth-order valence-corrected chi connectivity index (χ4v) is 13.5. The molecule has 11 rings (SSSR count). The van der Waals surface area contributed by atoms with Crippen LogP contribution in [0.15, 0.2) is 107 Å². The van der Waals surface area contributed by atoms with Crippen LogP contribution in [0.1, 0.15) is 80.4 Å². The van der Waals surface area contributed by atoms with Crippen molar-refractivity contribution in [2.75, 3.05) is 59.0 Å². The number of hydrogen-bond acceptors (Lipinski definition) is 21. The van der Waals surface area contributed by atoms with Crippen molar-refractivity contribution >= 4 is 77.0 Å². The average Bonchev–Trinajstić information content (AvgIpc) is 1.70. The summed E-state index contributed by atoms with van der Waals surface area (Å²) in [6.45, 7) is 20.5. The highest BCUT2D eigenvalue weighted by atomic mass is 32.2. The molecule has 11 heterocycles. The van der Waals surface area contributed by atoms with E-state index in [-0.39, 0.29) is 22.6 Å². The van der Waals surface area contributed by atoms with E-state index in [2.05, 4.69) is 49.3 Å². The van der Waals surface area contributed by atoms with E-state index in [9.17, 15) is 44.9 Å². The molecule has 0 saturated carbocycles. The maximum Gasteiger partial charge on any atom is 0.534 e. The van der Waals surface area contributed by atoms with Crippen LogP contribution in [0.4, 0.5) is 34.4 Å². The van der Waals surface area contributed by atoms with E-state index in [0.717, 1.165) is 56.1 Å². The van der Waals surface area contributed by atoms with Crippen molar-refractivity contribution < 1.29 is 62.6 Å². The predicted molar refractivity (Wildman–Crippen MR) is 341 cm³/mol. The molecule has 8 aromatic rings. The highest BCUT2D eigenvalue weighted by molar-refractivity contribution is 7.94. The summed E-state index contributed by atoms with van der Waals surface area (Å²) in [5.41, 5.74) is -1.73. The number of halogens is 3. The highest BCUT2D eigenvalue weighted by Gasteiger charge is 2.52. The summed E-state index contributed by atoms with van der Waals surface area (Å²) in [6, 6.07) is 14.8. The zero-order valence-electron chi connectivity index (χ0n) is 53.0. The van der Waals surface area contributed by atoms with Gasteiger partial charge in [-0.15, -0.1) is 8.73 Å². The minimum absolute atomic E-state index is 0.134. The number of aromatic nitrogens is 10. The topological polar surface area (TPSA) is 323 Å². The minimum atomic E-state index is -5.91. The Bertz CT molecular complexity index is 4580. The highest BCUT2D eigenvalue weighted by Crippen LogP contribution is 2.38. The zero-order chi connectivity index (χ0) is 67.9. The Hall–Kier alpha value is -8.96. The molecule has 0 N–H and O–H groups in total. The predicted octanol–water partition coefficient (Wildman–Crippen LogP) is 8.33. The molecule has 3 fully saturated rings. The standard InChI is InChI=1S/C26H28N8O3S.C20H32BN3O5S.C13H8F3N5O3S/c1-26(2,3)37-25(35)31-38(36)9-7-33(8-10-38)23-6-5-18(13-28-23)22-11-19(21-15-29-32(4)16-21)17-34-24(22)20(12-27)14-30-34;1-18(2,3)27-17(25)23-30(26)12-10-24(11-13-30)16-9-8-15(14-22-16)21-28-19(4,5)20(6,7)29-21;1-20-6-10(5-18-20)8-2-11(24-25(22,23)13(14,15)16)12-9(3-17)4-19-21(12)7-8/h5-6,11,13-17H,7-10H2,1-4H3;8-9,14H,10-13H2,1-7H3;2,4-7H,1H3. The van der Waals surface area contributed by atoms with E-state index >= 15 is 0 Å². The van der Waals surface area contributed by atoms with Crippen LogP contribution in [0.3, 0.4) is 0 Å². The molecule has 27 nitrogen and oxygen atoms in total. The summed E-state index contributed by atoms with van der Waals surface area (Å²) in [6.07, 6.45) is 14.6. The van der Waals surface area contributed by atoms with Gasteiger partial charge in [0.05, 0.1) is 89.5 Å². The molecule has 492 valence electrons. The Balaban J connectivity index is 0.000000169. The largest absolute Gasteiger partial charge is 0.534 e. The van der Waals surface area contributed by atoms with Crippen LogP contribution in [0.25, 0.3) is 44.4 Å². The van der Waals surface area contributed by atoms with Crippen molar-refractivity contribution in [1.82, 2.24) is 48.8 Å². The van der Waals surface area contributed by atoms with Crippen LogP contribution in [0, 0.1) is 22.7 Å². The van der Waals surface area contributed by atoms with Crippen molar-refractivity contribution in [3.8, 4) is 51.3 Å². The van der Waals surface area contributed by atoms with Gasteiger partial charge in [0, 0.05) is 116 Å². The molecule has 3 aliphatic rings. The van der Waals surface area contributed by atoms with Crippen LogP contribution in [0.2, 0.25) is 0 Å². The summed E-state index contributed by atoms with van der Waals surface area (Å²) < 4.78 is 127. The maximum atomic E-state index is 13.1. The van der Waals surface area contributed by atoms with Gasteiger partial charge in [-0.1, -0.05) is 6.07 Å². The van der Waals surface area contributed by atoms with Gasteiger partial charge in [-0.05, 0) is 99.6 Å². The Labute approximate surface area is 536 Å². The Morgan fingerprint density at radius 1 is 0.613 bits per heavy atom. The third-order valence-corrected chi connectivity index (χ3v) is 20.2. The quantitative estimate of drug-likeness (QED) is 0.0783. The van der Waals surface area contributed by atoms with Crippen LogP contribution in [-0.4, -0.2) is 162 Å². The van der Waals surface area contributed by atoms with Crippen LogP contribution in [0.5, 0.6) is 5.75 Å². The zero-order valence-corrected chi connectivity index (χ0v) is 55.4. The fourth-order valence-electron chi connectivity index (χ4n) is 9.62. The number of alkyl halides is 3. The van der Waals surface area contributed by atoms with Gasteiger partial charge in [-0.2, -0.15) is 52.5 Å². The molecule has 0 atom stereocenters. The van der Waals surface area contributed by atoms with Crippen LogP contribution in [-0.2, 0) is 62.5 Å². The number of aryl methyl sites for hydroxylation is 2. The summed E-state index contributed by atoms with van der Waals surface area (Å²) in [4.78, 5) is 37.3. The summed E-state index contributed by atoms with van der Waals surface area (Å²) in [5.74, 6) is 1.97. The van der Waals surface area contributed by atoms with Gasteiger partial charge < -0.3 is 32.8 Å². The first-order chi connectivity index (χ1) is 43.4. The smallest absolute Gasteiger partial charge is 0.442 e. The summed E-state index contributed by atoms with van der Waals surface area (Å²) >= 11 is 0. The van der Waals surface area contributed by atoms with Gasteiger partial charge in [0.15, 0.2) is 5.75 Å². The molecule has 0 unspecified atom stereocenters. The van der Waals surface area contributed by atoms with E-state index in [1.165, 1.54) is 17.1 Å². The number of fused-ring (bicyclic) bond motifs is 2. The van der Waals surface area contributed by atoms with E-state index in [4.69, 9.17) is 24.0 Å². The lowest BCUT2D eigenvalue weighted by Gasteiger charge is -2.32. The van der Waals surface area contributed by atoms with Crippen molar-refractivity contribution in [2.24, 2.45) is 22.8 Å². The van der Waals surface area contributed by atoms with Gasteiger partial charge in [0.2, 0.25) is 0 Å². The van der Waals surface area contributed by atoms with Gasteiger partial charge in [0.1, 0.15) is 46.1 Å². The van der Waals surface area contributed by atoms with Gasteiger partial charge >= 0.3 is 34.9 Å². The van der Waals surface area contributed by atoms with E-state index in [1.807, 2.05) is 87.3 Å². The number of amides is 2. The van der Waals surface area contributed by atoms with Crippen molar-refractivity contribution in [1.29, 1.82) is 10.5 Å². The number of hydrogen-bond donors (Lipinski definition) is 0. The van der Waals surface area contributed by atoms with Gasteiger partial charge in [-0.3, -0.25) is 9.36 Å². The molecule has 0 radical (unpaired) electrons. The number of anilines is 2. The van der Waals surface area contributed by atoms with E-state index in [0.29, 0.717) is 59.9 Å². The second kappa shape index (κ2) is 25.9. The number of carbonyl (C=O) groups is 2. The number of ether oxygens (including phenoxy) is 2. The minimum Gasteiger partial charge on any atom is -0.442 e. The fraction of sp³-hybridized carbons (Fsp3) is 0.424. The second-order valence-corrected chi connectivity index (χ2v) is 31.5. The van der Waals surface area contributed by atoms with E-state index < -0.39 is 82.5 Å². The van der Waals surface area contributed by atoms with Gasteiger partial charge in [-0.25, -0.2) is 37.0 Å².